The Morgan fingerprint density at radius 2 is 1.84 bits per heavy atom. The summed E-state index contributed by atoms with van der Waals surface area (Å²) in [4.78, 5) is 38.7. The van der Waals surface area contributed by atoms with E-state index in [9.17, 15) is 14.4 Å². The van der Waals surface area contributed by atoms with Gasteiger partial charge in [0.1, 0.15) is 12.1 Å². The number of anilines is 1. The lowest BCUT2D eigenvalue weighted by molar-refractivity contribution is -0.130. The van der Waals surface area contributed by atoms with E-state index in [-0.39, 0.29) is 17.7 Å². The van der Waals surface area contributed by atoms with Crippen LogP contribution in [0.4, 0.5) is 5.69 Å². The number of nitrogens with zero attached hydrogens (tertiary/aromatic N) is 1. The number of carbonyl (C=O) groups is 3. The third kappa shape index (κ3) is 3.82. The topological polar surface area (TPSA) is 105 Å². The van der Waals surface area contributed by atoms with Crippen molar-refractivity contribution in [3.63, 3.8) is 0 Å². The lowest BCUT2D eigenvalue weighted by atomic mass is 10.0. The molecule has 0 aromatic heterocycles. The Labute approximate surface area is 147 Å². The summed E-state index contributed by atoms with van der Waals surface area (Å²) in [5, 5.41) is 5.64. The summed E-state index contributed by atoms with van der Waals surface area (Å²) >= 11 is 0. The number of amides is 3. The first-order chi connectivity index (χ1) is 11.8. The van der Waals surface area contributed by atoms with Crippen LogP contribution in [0.1, 0.15) is 26.3 Å². The number of fused-ring (bicyclic) bond motifs is 1. The third-order valence-electron chi connectivity index (χ3n) is 4.60. The number of carbonyl (C=O) groups excluding carboxylic acids is 3. The Morgan fingerprint density at radius 3 is 2.40 bits per heavy atom. The number of hydrogen-bond acceptors (Lipinski definition) is 4. The predicted molar refractivity (Wildman–Crippen MR) is 95.9 cm³/mol. The average molecular weight is 346 g/mol. The Bertz CT molecular complexity index is 674. The van der Waals surface area contributed by atoms with Crippen molar-refractivity contribution >= 4 is 23.4 Å². The van der Waals surface area contributed by atoms with Gasteiger partial charge in [-0.05, 0) is 31.5 Å². The molecule has 7 nitrogen and oxygen atoms in total. The lowest BCUT2D eigenvalue weighted by Crippen LogP contribution is -2.57. The number of primary amides is 1. The molecule has 25 heavy (non-hydrogen) atoms. The zero-order chi connectivity index (χ0) is 18.7. The molecule has 4 N–H and O–H groups in total. The van der Waals surface area contributed by atoms with E-state index in [0.717, 1.165) is 5.56 Å². The molecule has 3 amide bonds. The van der Waals surface area contributed by atoms with Crippen LogP contribution in [-0.2, 0) is 20.8 Å². The van der Waals surface area contributed by atoms with Gasteiger partial charge in [-0.25, -0.2) is 0 Å². The van der Waals surface area contributed by atoms with Crippen molar-refractivity contribution in [3.05, 3.63) is 29.8 Å². The number of likely N-dealkylation sites (N-methyl/N-ethyl adjacent to an activating group) is 1. The Kier molecular flexibility index (Phi) is 5.79. The fourth-order valence-corrected chi connectivity index (χ4v) is 2.96. The Morgan fingerprint density at radius 1 is 1.20 bits per heavy atom. The Balaban J connectivity index is 2.33. The average Bonchev–Trinajstić information content (AvgIpc) is 2.97. The highest BCUT2D eigenvalue weighted by molar-refractivity contribution is 6.06. The summed E-state index contributed by atoms with van der Waals surface area (Å²) in [7, 11) is 1.68. The molecule has 3 unspecified atom stereocenters. The lowest BCUT2D eigenvalue weighted by Gasteiger charge is -2.31. The second-order valence-electron chi connectivity index (χ2n) is 6.70. The molecule has 1 aromatic carbocycles. The quantitative estimate of drug-likeness (QED) is 0.683. The van der Waals surface area contributed by atoms with Gasteiger partial charge in [0.05, 0.1) is 6.04 Å². The molecule has 0 bridgehead atoms. The van der Waals surface area contributed by atoms with Gasteiger partial charge in [-0.15, -0.1) is 0 Å². The standard InChI is InChI=1S/C18H26N4O3/c1-10(2)15(21-17(24)11(3)20-4)18(25)22-13-8-6-5-7-12(13)9-14(22)16(19)23/h5-8,10-11,14-15,20H,9H2,1-4H3,(H2,19,23)(H,21,24). The zero-order valence-corrected chi connectivity index (χ0v) is 15.1. The molecule has 0 spiro atoms. The van der Waals surface area contributed by atoms with Gasteiger partial charge in [-0.3, -0.25) is 19.3 Å². The van der Waals surface area contributed by atoms with Crippen molar-refractivity contribution in [1.82, 2.24) is 10.6 Å². The second kappa shape index (κ2) is 7.65. The minimum atomic E-state index is -0.740. The minimum absolute atomic E-state index is 0.137. The van der Waals surface area contributed by atoms with Crippen LogP contribution in [0.2, 0.25) is 0 Å². The highest BCUT2D eigenvalue weighted by Crippen LogP contribution is 2.33. The van der Waals surface area contributed by atoms with Crippen LogP contribution in [0.5, 0.6) is 0 Å². The van der Waals surface area contributed by atoms with Gasteiger partial charge >= 0.3 is 0 Å². The zero-order valence-electron chi connectivity index (χ0n) is 15.1. The maximum absolute atomic E-state index is 13.2. The van der Waals surface area contributed by atoms with Crippen LogP contribution < -0.4 is 21.3 Å². The third-order valence-corrected chi connectivity index (χ3v) is 4.60. The number of rotatable bonds is 6. The molecule has 0 saturated heterocycles. The molecule has 1 aromatic rings. The van der Waals surface area contributed by atoms with E-state index in [2.05, 4.69) is 10.6 Å². The largest absolute Gasteiger partial charge is 0.368 e. The first-order valence-corrected chi connectivity index (χ1v) is 8.45. The molecule has 1 aliphatic heterocycles. The smallest absolute Gasteiger partial charge is 0.250 e. The maximum atomic E-state index is 13.2. The van der Waals surface area contributed by atoms with Gasteiger partial charge in [0.2, 0.25) is 11.8 Å². The molecular formula is C18H26N4O3. The van der Waals surface area contributed by atoms with Gasteiger partial charge in [0, 0.05) is 12.1 Å². The summed E-state index contributed by atoms with van der Waals surface area (Å²) in [5.41, 5.74) is 7.10. The molecule has 1 aliphatic rings. The molecule has 1 heterocycles. The van der Waals surface area contributed by atoms with Crippen LogP contribution in [0.15, 0.2) is 24.3 Å². The van der Waals surface area contributed by atoms with E-state index in [4.69, 9.17) is 5.73 Å². The highest BCUT2D eigenvalue weighted by atomic mass is 16.2. The predicted octanol–water partition coefficient (Wildman–Crippen LogP) is 0.178. The highest BCUT2D eigenvalue weighted by Gasteiger charge is 2.41. The van der Waals surface area contributed by atoms with Crippen molar-refractivity contribution in [1.29, 1.82) is 0 Å². The van der Waals surface area contributed by atoms with Gasteiger partial charge in [0.25, 0.3) is 5.91 Å². The molecule has 0 fully saturated rings. The van der Waals surface area contributed by atoms with Crippen molar-refractivity contribution < 1.29 is 14.4 Å². The van der Waals surface area contributed by atoms with E-state index >= 15 is 0 Å². The fraction of sp³-hybridized carbons (Fsp3) is 0.500. The first-order valence-electron chi connectivity index (χ1n) is 8.45. The normalized spacial score (nSPS) is 18.6. The van der Waals surface area contributed by atoms with Crippen LogP contribution in [0.3, 0.4) is 0 Å². The summed E-state index contributed by atoms with van der Waals surface area (Å²) < 4.78 is 0. The molecule has 0 radical (unpaired) electrons. The van der Waals surface area contributed by atoms with Gasteiger partial charge in [0.15, 0.2) is 0 Å². The van der Waals surface area contributed by atoms with Crippen LogP contribution in [0, 0.1) is 5.92 Å². The number of para-hydroxylation sites is 1. The van der Waals surface area contributed by atoms with Gasteiger partial charge < -0.3 is 16.4 Å². The molecule has 2 rings (SSSR count). The van der Waals surface area contributed by atoms with Gasteiger partial charge in [-0.1, -0.05) is 32.0 Å². The summed E-state index contributed by atoms with van der Waals surface area (Å²) in [6, 6.07) is 5.46. The van der Waals surface area contributed by atoms with Crippen molar-refractivity contribution in [2.75, 3.05) is 11.9 Å². The summed E-state index contributed by atoms with van der Waals surface area (Å²) in [5.74, 6) is -1.28. The number of benzene rings is 1. The minimum Gasteiger partial charge on any atom is -0.368 e. The molecular weight excluding hydrogens is 320 g/mol. The fourth-order valence-electron chi connectivity index (χ4n) is 2.96. The molecule has 7 heteroatoms. The van der Waals surface area contributed by atoms with Crippen molar-refractivity contribution in [2.45, 2.75) is 45.3 Å². The molecule has 0 aliphatic carbocycles. The maximum Gasteiger partial charge on any atom is 0.250 e. The van der Waals surface area contributed by atoms with Crippen LogP contribution in [0.25, 0.3) is 0 Å². The van der Waals surface area contributed by atoms with Crippen LogP contribution >= 0.6 is 0 Å². The number of nitrogens with one attached hydrogen (secondary N) is 2. The summed E-state index contributed by atoms with van der Waals surface area (Å²) in [6.07, 6.45) is 0.392. The van der Waals surface area contributed by atoms with E-state index < -0.39 is 24.0 Å². The molecule has 136 valence electrons. The van der Waals surface area contributed by atoms with Crippen LogP contribution in [-0.4, -0.2) is 42.9 Å². The summed E-state index contributed by atoms with van der Waals surface area (Å²) in [6.45, 7) is 5.43. The SMILES string of the molecule is CNC(C)C(=O)NC(C(=O)N1c2ccccc2CC1C(N)=O)C(C)C. The second-order valence-corrected chi connectivity index (χ2v) is 6.70. The van der Waals surface area contributed by atoms with E-state index in [1.807, 2.05) is 32.0 Å². The van der Waals surface area contributed by atoms with E-state index in [0.29, 0.717) is 12.1 Å². The van der Waals surface area contributed by atoms with Crippen molar-refractivity contribution in [3.8, 4) is 0 Å². The van der Waals surface area contributed by atoms with E-state index in [1.165, 1.54) is 4.90 Å². The number of nitrogens with two attached hydrogens (primary N) is 1. The molecule has 3 atom stereocenters. The number of hydrogen-bond donors (Lipinski definition) is 3. The monoisotopic (exact) mass is 346 g/mol. The Hall–Kier alpha value is -2.41. The van der Waals surface area contributed by atoms with Gasteiger partial charge in [-0.2, -0.15) is 0 Å². The van der Waals surface area contributed by atoms with Crippen molar-refractivity contribution in [2.24, 2.45) is 11.7 Å². The van der Waals surface area contributed by atoms with E-state index in [1.54, 1.807) is 20.0 Å². The first kappa shape index (κ1) is 18.9. The molecule has 0 saturated carbocycles.